The molecule has 1 heterocycles. The van der Waals surface area contributed by atoms with Gasteiger partial charge in [0.05, 0.1) is 5.92 Å². The van der Waals surface area contributed by atoms with Crippen molar-refractivity contribution in [2.45, 2.75) is 213 Å². The number of nitrogens with zero attached hydrogens (tertiary/aromatic N) is 1. The molecule has 0 aromatic carbocycles. The normalized spacial score (nSPS) is 15.7. The summed E-state index contributed by atoms with van der Waals surface area (Å²) in [5.41, 5.74) is 0. The highest BCUT2D eigenvalue weighted by atomic mass is 16.5. The van der Waals surface area contributed by atoms with E-state index in [1.807, 2.05) is 0 Å². The predicted octanol–water partition coefficient (Wildman–Crippen LogP) is 11.4. The second-order valence-electron chi connectivity index (χ2n) is 14.0. The van der Waals surface area contributed by atoms with Crippen LogP contribution in [0.25, 0.3) is 0 Å². The Morgan fingerprint density at radius 3 is 1.43 bits per heavy atom. The Kier molecular flexibility index (Phi) is 27.3. The van der Waals surface area contributed by atoms with Gasteiger partial charge in [-0.15, -0.1) is 0 Å². The van der Waals surface area contributed by atoms with Crippen molar-refractivity contribution in [3.05, 3.63) is 0 Å². The standard InChI is InChI=1S/C39H75NO4/c1-5-8-11-13-16-19-23-28-37(44-39(42)35-31-33-40(4)34-32-35)29-24-20-17-14-15-18-21-25-30-38(41)43-36(26-10-7-3)27-22-12-9-6-2/h35-37H,5-34H2,1-4H3. The van der Waals surface area contributed by atoms with E-state index in [9.17, 15) is 9.59 Å². The molecule has 0 N–H and O–H groups in total. The molecule has 0 spiro atoms. The van der Waals surface area contributed by atoms with Crippen molar-refractivity contribution in [2.75, 3.05) is 20.1 Å². The van der Waals surface area contributed by atoms with Crippen LogP contribution in [0.1, 0.15) is 201 Å². The minimum atomic E-state index is 0.0177. The van der Waals surface area contributed by atoms with Gasteiger partial charge in [0.2, 0.25) is 0 Å². The maximum atomic E-state index is 12.9. The van der Waals surface area contributed by atoms with Crippen LogP contribution in [-0.2, 0) is 19.1 Å². The number of hydrogen-bond donors (Lipinski definition) is 0. The van der Waals surface area contributed by atoms with Gasteiger partial charge in [-0.3, -0.25) is 9.59 Å². The maximum absolute atomic E-state index is 12.9. The zero-order chi connectivity index (χ0) is 32.1. The molecular formula is C39H75NO4. The molecule has 260 valence electrons. The van der Waals surface area contributed by atoms with Crippen LogP contribution < -0.4 is 0 Å². The quantitative estimate of drug-likeness (QED) is 0.0590. The van der Waals surface area contributed by atoms with E-state index in [1.165, 1.54) is 103 Å². The third kappa shape index (κ3) is 23.3. The van der Waals surface area contributed by atoms with Gasteiger partial charge in [-0.05, 0) is 84.3 Å². The third-order valence-electron chi connectivity index (χ3n) is 9.68. The van der Waals surface area contributed by atoms with Crippen LogP contribution in [-0.4, -0.2) is 49.2 Å². The second-order valence-corrected chi connectivity index (χ2v) is 14.0. The van der Waals surface area contributed by atoms with Gasteiger partial charge in [0, 0.05) is 6.42 Å². The molecule has 0 aliphatic carbocycles. The molecule has 0 bridgehead atoms. The molecule has 2 atom stereocenters. The van der Waals surface area contributed by atoms with Crippen LogP contribution in [0.2, 0.25) is 0 Å². The fourth-order valence-electron chi connectivity index (χ4n) is 6.54. The van der Waals surface area contributed by atoms with E-state index in [0.717, 1.165) is 83.7 Å². The summed E-state index contributed by atoms with van der Waals surface area (Å²) in [4.78, 5) is 27.6. The van der Waals surface area contributed by atoms with Crippen LogP contribution in [0.5, 0.6) is 0 Å². The Labute approximate surface area is 274 Å². The maximum Gasteiger partial charge on any atom is 0.309 e. The molecule has 2 unspecified atom stereocenters. The molecule has 1 rings (SSSR count). The molecule has 1 saturated heterocycles. The molecule has 5 nitrogen and oxygen atoms in total. The van der Waals surface area contributed by atoms with Gasteiger partial charge in [0.1, 0.15) is 12.2 Å². The van der Waals surface area contributed by atoms with E-state index in [2.05, 4.69) is 32.7 Å². The summed E-state index contributed by atoms with van der Waals surface area (Å²) in [6, 6.07) is 0. The van der Waals surface area contributed by atoms with Gasteiger partial charge in [-0.25, -0.2) is 0 Å². The van der Waals surface area contributed by atoms with Crippen molar-refractivity contribution in [3.63, 3.8) is 0 Å². The summed E-state index contributed by atoms with van der Waals surface area (Å²) in [5.74, 6) is 0.185. The molecule has 0 aromatic rings. The summed E-state index contributed by atoms with van der Waals surface area (Å²) in [6.45, 7) is 8.72. The van der Waals surface area contributed by atoms with Crippen molar-refractivity contribution >= 4 is 11.9 Å². The molecule has 0 radical (unpaired) electrons. The van der Waals surface area contributed by atoms with E-state index in [0.29, 0.717) is 6.42 Å². The number of rotatable bonds is 30. The highest BCUT2D eigenvalue weighted by molar-refractivity contribution is 5.72. The summed E-state index contributed by atoms with van der Waals surface area (Å²) in [5, 5.41) is 0. The van der Waals surface area contributed by atoms with E-state index >= 15 is 0 Å². The molecule has 1 fully saturated rings. The number of ether oxygens (including phenoxy) is 2. The molecular weight excluding hydrogens is 546 g/mol. The summed E-state index contributed by atoms with van der Waals surface area (Å²) < 4.78 is 12.0. The van der Waals surface area contributed by atoms with Crippen molar-refractivity contribution in [1.29, 1.82) is 0 Å². The number of carbonyl (C=O) groups excluding carboxylic acids is 2. The lowest BCUT2D eigenvalue weighted by atomic mass is 9.97. The third-order valence-corrected chi connectivity index (χ3v) is 9.68. The molecule has 0 saturated carbocycles. The number of likely N-dealkylation sites (tertiary alicyclic amines) is 1. The van der Waals surface area contributed by atoms with Crippen LogP contribution in [0, 0.1) is 5.92 Å². The SMILES string of the molecule is CCCCCCCCCC(CCCCCCCCCCC(=O)OC(CCCC)CCCCCC)OC(=O)C1CCN(C)CC1. The predicted molar refractivity (Wildman–Crippen MR) is 187 cm³/mol. The smallest absolute Gasteiger partial charge is 0.309 e. The highest BCUT2D eigenvalue weighted by Crippen LogP contribution is 2.23. The van der Waals surface area contributed by atoms with E-state index < -0.39 is 0 Å². The van der Waals surface area contributed by atoms with Gasteiger partial charge in [0.25, 0.3) is 0 Å². The molecule has 0 aromatic heterocycles. The van der Waals surface area contributed by atoms with Crippen LogP contribution >= 0.6 is 0 Å². The first-order chi connectivity index (χ1) is 21.5. The summed E-state index contributed by atoms with van der Waals surface area (Å²) in [7, 11) is 2.14. The van der Waals surface area contributed by atoms with Crippen molar-refractivity contribution in [3.8, 4) is 0 Å². The molecule has 0 amide bonds. The van der Waals surface area contributed by atoms with E-state index in [4.69, 9.17) is 9.47 Å². The minimum absolute atomic E-state index is 0.0177. The van der Waals surface area contributed by atoms with Gasteiger partial charge < -0.3 is 14.4 Å². The number of unbranched alkanes of at least 4 members (excludes halogenated alkanes) is 17. The zero-order valence-corrected chi connectivity index (χ0v) is 30.0. The summed E-state index contributed by atoms with van der Waals surface area (Å²) in [6.07, 6.45) is 32.6. The summed E-state index contributed by atoms with van der Waals surface area (Å²) >= 11 is 0. The molecule has 5 heteroatoms. The average molecular weight is 622 g/mol. The first kappa shape index (κ1) is 40.9. The van der Waals surface area contributed by atoms with Crippen LogP contribution in [0.3, 0.4) is 0 Å². The largest absolute Gasteiger partial charge is 0.462 e. The van der Waals surface area contributed by atoms with Crippen LogP contribution in [0.15, 0.2) is 0 Å². The lowest BCUT2D eigenvalue weighted by Gasteiger charge is -2.29. The zero-order valence-electron chi connectivity index (χ0n) is 30.0. The van der Waals surface area contributed by atoms with Crippen molar-refractivity contribution in [2.24, 2.45) is 5.92 Å². The van der Waals surface area contributed by atoms with E-state index in [1.54, 1.807) is 0 Å². The minimum Gasteiger partial charge on any atom is -0.462 e. The number of hydrogen-bond acceptors (Lipinski definition) is 5. The Morgan fingerprint density at radius 2 is 0.932 bits per heavy atom. The fraction of sp³-hybridized carbons (Fsp3) is 0.949. The molecule has 1 aliphatic heterocycles. The Bertz CT molecular complexity index is 661. The molecule has 44 heavy (non-hydrogen) atoms. The Morgan fingerprint density at radius 1 is 0.545 bits per heavy atom. The molecule has 1 aliphatic rings. The number of carbonyl (C=O) groups is 2. The lowest BCUT2D eigenvalue weighted by Crippen LogP contribution is -2.35. The first-order valence-electron chi connectivity index (χ1n) is 19.6. The van der Waals surface area contributed by atoms with Gasteiger partial charge in [-0.2, -0.15) is 0 Å². The second kappa shape index (κ2) is 29.3. The van der Waals surface area contributed by atoms with Crippen LogP contribution in [0.4, 0.5) is 0 Å². The van der Waals surface area contributed by atoms with Gasteiger partial charge >= 0.3 is 11.9 Å². The van der Waals surface area contributed by atoms with Gasteiger partial charge in [-0.1, -0.05) is 130 Å². The van der Waals surface area contributed by atoms with Crippen molar-refractivity contribution in [1.82, 2.24) is 4.90 Å². The first-order valence-corrected chi connectivity index (χ1v) is 19.6. The fourth-order valence-corrected chi connectivity index (χ4v) is 6.54. The lowest BCUT2D eigenvalue weighted by molar-refractivity contribution is -0.156. The topological polar surface area (TPSA) is 55.8 Å². The van der Waals surface area contributed by atoms with Gasteiger partial charge in [0.15, 0.2) is 0 Å². The van der Waals surface area contributed by atoms with E-state index in [-0.39, 0.29) is 30.1 Å². The Hall–Kier alpha value is -1.10. The average Bonchev–Trinajstić information content (AvgIpc) is 3.02. The number of piperidine rings is 1. The highest BCUT2D eigenvalue weighted by Gasteiger charge is 2.26. The monoisotopic (exact) mass is 622 g/mol. The number of esters is 2. The van der Waals surface area contributed by atoms with Crippen molar-refractivity contribution < 1.29 is 19.1 Å². The Balaban J connectivity index is 2.19.